The Labute approximate surface area is 124 Å². The van der Waals surface area contributed by atoms with Crippen LogP contribution in [0.1, 0.15) is 45.6 Å². The predicted octanol–water partition coefficient (Wildman–Crippen LogP) is 3.68. The second kappa shape index (κ2) is 7.80. The quantitative estimate of drug-likeness (QED) is 0.816. The van der Waals surface area contributed by atoms with Crippen molar-refractivity contribution in [2.75, 3.05) is 13.1 Å². The highest BCUT2D eigenvalue weighted by molar-refractivity contribution is 5.14. The van der Waals surface area contributed by atoms with Crippen LogP contribution in [0.5, 0.6) is 0 Å². The minimum atomic E-state index is 0.645. The van der Waals surface area contributed by atoms with Crippen LogP contribution >= 0.6 is 0 Å². The number of hydrogen-bond acceptors (Lipinski definition) is 2. The molecule has 0 aliphatic carbocycles. The smallest absolute Gasteiger partial charge is 0.0234 e. The van der Waals surface area contributed by atoms with Gasteiger partial charge in [0.05, 0.1) is 0 Å². The molecular weight excluding hydrogens is 244 g/mol. The van der Waals surface area contributed by atoms with Gasteiger partial charge in [0.1, 0.15) is 0 Å². The summed E-state index contributed by atoms with van der Waals surface area (Å²) in [6.07, 6.45) is 3.88. The number of nitrogens with one attached hydrogen (secondary N) is 1. The second-order valence-electron chi connectivity index (χ2n) is 6.52. The molecule has 2 nitrogen and oxygen atoms in total. The Morgan fingerprint density at radius 3 is 2.70 bits per heavy atom. The Morgan fingerprint density at radius 1 is 1.25 bits per heavy atom. The summed E-state index contributed by atoms with van der Waals surface area (Å²) < 4.78 is 0. The van der Waals surface area contributed by atoms with Crippen LogP contribution in [0.4, 0.5) is 0 Å². The van der Waals surface area contributed by atoms with Gasteiger partial charge >= 0.3 is 0 Å². The molecule has 1 saturated heterocycles. The van der Waals surface area contributed by atoms with Crippen LogP contribution in [-0.2, 0) is 6.54 Å². The minimum absolute atomic E-state index is 0.645. The molecule has 3 unspecified atom stereocenters. The zero-order chi connectivity index (χ0) is 14.4. The summed E-state index contributed by atoms with van der Waals surface area (Å²) in [6.45, 7) is 10.5. The number of hydrogen-bond donors (Lipinski definition) is 1. The normalized spacial score (nSPS) is 22.9. The van der Waals surface area contributed by atoms with E-state index in [0.29, 0.717) is 12.1 Å². The average Bonchev–Trinajstić information content (AvgIpc) is 2.86. The highest BCUT2D eigenvalue weighted by atomic mass is 15.2. The molecule has 0 bridgehead atoms. The van der Waals surface area contributed by atoms with E-state index in [1.807, 2.05) is 0 Å². The molecular formula is C18H30N2. The van der Waals surface area contributed by atoms with Gasteiger partial charge in [-0.3, -0.25) is 4.90 Å². The SMILES string of the molecule is CCC(C)CC(C)NC1CCN(Cc2ccccc2)C1. The van der Waals surface area contributed by atoms with Crippen molar-refractivity contribution < 1.29 is 0 Å². The Bertz CT molecular complexity index is 376. The lowest BCUT2D eigenvalue weighted by molar-refractivity contribution is 0.309. The molecule has 20 heavy (non-hydrogen) atoms. The standard InChI is InChI=1S/C18H30N2/c1-4-15(2)12-16(3)19-18-10-11-20(14-18)13-17-8-6-5-7-9-17/h5-9,15-16,18-19H,4,10-14H2,1-3H3. The third kappa shape index (κ3) is 4.92. The maximum atomic E-state index is 3.82. The molecule has 0 amide bonds. The van der Waals surface area contributed by atoms with Gasteiger partial charge in [0, 0.05) is 31.7 Å². The summed E-state index contributed by atoms with van der Waals surface area (Å²) in [7, 11) is 0. The summed E-state index contributed by atoms with van der Waals surface area (Å²) in [6, 6.07) is 12.1. The van der Waals surface area contributed by atoms with Gasteiger partial charge < -0.3 is 5.32 Å². The molecule has 1 aliphatic heterocycles. The molecule has 2 heteroatoms. The molecule has 1 aromatic rings. The monoisotopic (exact) mass is 274 g/mol. The van der Waals surface area contributed by atoms with E-state index in [-0.39, 0.29) is 0 Å². The first kappa shape index (κ1) is 15.5. The van der Waals surface area contributed by atoms with Gasteiger partial charge in [-0.25, -0.2) is 0 Å². The van der Waals surface area contributed by atoms with E-state index >= 15 is 0 Å². The van der Waals surface area contributed by atoms with Crippen LogP contribution in [0.15, 0.2) is 30.3 Å². The first-order chi connectivity index (χ1) is 9.67. The maximum absolute atomic E-state index is 3.82. The van der Waals surface area contributed by atoms with E-state index in [2.05, 4.69) is 61.3 Å². The molecule has 1 aromatic carbocycles. The molecule has 1 N–H and O–H groups in total. The Balaban J connectivity index is 1.72. The fourth-order valence-corrected chi connectivity index (χ4v) is 3.19. The molecule has 2 rings (SSSR count). The first-order valence-electron chi connectivity index (χ1n) is 8.19. The largest absolute Gasteiger partial charge is 0.310 e. The lowest BCUT2D eigenvalue weighted by atomic mass is 10.00. The molecule has 112 valence electrons. The summed E-state index contributed by atoms with van der Waals surface area (Å²) in [4.78, 5) is 2.57. The van der Waals surface area contributed by atoms with Crippen LogP contribution in [-0.4, -0.2) is 30.1 Å². The van der Waals surface area contributed by atoms with Crippen LogP contribution in [0, 0.1) is 5.92 Å². The van der Waals surface area contributed by atoms with Crippen molar-refractivity contribution in [3.8, 4) is 0 Å². The molecule has 1 fully saturated rings. The fourth-order valence-electron chi connectivity index (χ4n) is 3.19. The molecule has 0 aromatic heterocycles. The summed E-state index contributed by atoms with van der Waals surface area (Å²) in [5, 5.41) is 3.82. The van der Waals surface area contributed by atoms with Crippen LogP contribution in [0.25, 0.3) is 0 Å². The molecule has 1 heterocycles. The lowest BCUT2D eigenvalue weighted by Crippen LogP contribution is -2.39. The van der Waals surface area contributed by atoms with E-state index < -0.39 is 0 Å². The van der Waals surface area contributed by atoms with Crippen molar-refractivity contribution in [3.63, 3.8) is 0 Å². The Morgan fingerprint density at radius 2 is 2.00 bits per heavy atom. The summed E-state index contributed by atoms with van der Waals surface area (Å²) in [5.41, 5.74) is 1.43. The van der Waals surface area contributed by atoms with E-state index in [4.69, 9.17) is 0 Å². The van der Waals surface area contributed by atoms with E-state index in [1.165, 1.54) is 37.9 Å². The first-order valence-corrected chi connectivity index (χ1v) is 8.19. The maximum Gasteiger partial charge on any atom is 0.0234 e. The van der Waals surface area contributed by atoms with Gasteiger partial charge in [0.2, 0.25) is 0 Å². The lowest BCUT2D eigenvalue weighted by Gasteiger charge is -2.22. The van der Waals surface area contributed by atoms with E-state index in [1.54, 1.807) is 0 Å². The van der Waals surface area contributed by atoms with Gasteiger partial charge in [0.25, 0.3) is 0 Å². The van der Waals surface area contributed by atoms with Gasteiger partial charge in [-0.05, 0) is 31.2 Å². The predicted molar refractivity (Wildman–Crippen MR) is 86.8 cm³/mol. The third-order valence-corrected chi connectivity index (χ3v) is 4.49. The van der Waals surface area contributed by atoms with Crippen LogP contribution in [0.2, 0.25) is 0 Å². The molecule has 0 saturated carbocycles. The number of nitrogens with zero attached hydrogens (tertiary/aromatic N) is 1. The van der Waals surface area contributed by atoms with E-state index in [0.717, 1.165) is 12.5 Å². The van der Waals surface area contributed by atoms with Crippen molar-refractivity contribution in [2.24, 2.45) is 5.92 Å². The summed E-state index contributed by atoms with van der Waals surface area (Å²) >= 11 is 0. The van der Waals surface area contributed by atoms with Gasteiger partial charge in [-0.15, -0.1) is 0 Å². The van der Waals surface area contributed by atoms with Crippen molar-refractivity contribution in [1.82, 2.24) is 10.2 Å². The van der Waals surface area contributed by atoms with Crippen molar-refractivity contribution in [2.45, 2.75) is 58.7 Å². The number of benzene rings is 1. The Hall–Kier alpha value is -0.860. The zero-order valence-corrected chi connectivity index (χ0v) is 13.3. The second-order valence-corrected chi connectivity index (χ2v) is 6.52. The zero-order valence-electron chi connectivity index (χ0n) is 13.3. The van der Waals surface area contributed by atoms with Gasteiger partial charge in [-0.2, -0.15) is 0 Å². The molecule has 0 spiro atoms. The van der Waals surface area contributed by atoms with Crippen molar-refractivity contribution in [3.05, 3.63) is 35.9 Å². The third-order valence-electron chi connectivity index (χ3n) is 4.49. The molecule has 1 aliphatic rings. The fraction of sp³-hybridized carbons (Fsp3) is 0.667. The topological polar surface area (TPSA) is 15.3 Å². The van der Waals surface area contributed by atoms with Gasteiger partial charge in [-0.1, -0.05) is 50.6 Å². The van der Waals surface area contributed by atoms with Crippen molar-refractivity contribution in [1.29, 1.82) is 0 Å². The average molecular weight is 274 g/mol. The van der Waals surface area contributed by atoms with Crippen molar-refractivity contribution >= 4 is 0 Å². The number of likely N-dealkylation sites (tertiary alicyclic amines) is 1. The highest BCUT2D eigenvalue weighted by Gasteiger charge is 2.23. The van der Waals surface area contributed by atoms with Crippen LogP contribution < -0.4 is 5.32 Å². The van der Waals surface area contributed by atoms with Gasteiger partial charge in [0.15, 0.2) is 0 Å². The summed E-state index contributed by atoms with van der Waals surface area (Å²) in [5.74, 6) is 0.833. The van der Waals surface area contributed by atoms with E-state index in [9.17, 15) is 0 Å². The Kier molecular flexibility index (Phi) is 6.06. The van der Waals surface area contributed by atoms with Crippen LogP contribution in [0.3, 0.4) is 0 Å². The number of rotatable bonds is 7. The highest BCUT2D eigenvalue weighted by Crippen LogP contribution is 2.16. The molecule has 0 radical (unpaired) electrons. The molecule has 3 atom stereocenters. The minimum Gasteiger partial charge on any atom is -0.310 e.